The molecule has 72 valence electrons. The molecule has 1 aromatic carbocycles. The standard InChI is InChI=1S/C11H16O2/c1-9-6-4-5-7-11(9)13-10(2)8-12-3/h4-7,10H,8H2,1-3H3. The first-order valence-corrected chi connectivity index (χ1v) is 4.45. The fraction of sp³-hybridized carbons (Fsp3) is 0.455. The third kappa shape index (κ3) is 3.07. The first-order valence-electron chi connectivity index (χ1n) is 4.45. The fourth-order valence-electron chi connectivity index (χ4n) is 1.17. The maximum atomic E-state index is 5.66. The number of ether oxygens (including phenoxy) is 2. The van der Waals surface area contributed by atoms with Gasteiger partial charge < -0.3 is 9.47 Å². The Morgan fingerprint density at radius 1 is 1.31 bits per heavy atom. The van der Waals surface area contributed by atoms with Gasteiger partial charge in [-0.25, -0.2) is 0 Å². The maximum absolute atomic E-state index is 5.66. The molecule has 0 aromatic heterocycles. The van der Waals surface area contributed by atoms with Crippen molar-refractivity contribution in [2.75, 3.05) is 13.7 Å². The Hall–Kier alpha value is -1.02. The molecule has 0 aliphatic carbocycles. The number of rotatable bonds is 4. The van der Waals surface area contributed by atoms with Crippen LogP contribution in [0.5, 0.6) is 5.75 Å². The van der Waals surface area contributed by atoms with Crippen molar-refractivity contribution in [2.45, 2.75) is 20.0 Å². The van der Waals surface area contributed by atoms with E-state index in [-0.39, 0.29) is 6.10 Å². The lowest BCUT2D eigenvalue weighted by atomic mass is 10.2. The van der Waals surface area contributed by atoms with Crippen molar-refractivity contribution in [3.05, 3.63) is 29.8 Å². The molecule has 0 saturated heterocycles. The number of hydrogen-bond acceptors (Lipinski definition) is 2. The molecule has 0 bridgehead atoms. The second kappa shape index (κ2) is 4.87. The monoisotopic (exact) mass is 180 g/mol. The maximum Gasteiger partial charge on any atom is 0.122 e. The number of aryl methyl sites for hydroxylation is 1. The molecule has 0 spiro atoms. The molecular formula is C11H16O2. The topological polar surface area (TPSA) is 18.5 Å². The van der Waals surface area contributed by atoms with Crippen molar-refractivity contribution < 1.29 is 9.47 Å². The average Bonchev–Trinajstić information content (AvgIpc) is 2.09. The molecule has 0 radical (unpaired) electrons. The van der Waals surface area contributed by atoms with Crippen LogP contribution in [-0.2, 0) is 4.74 Å². The molecule has 0 N–H and O–H groups in total. The van der Waals surface area contributed by atoms with E-state index in [2.05, 4.69) is 0 Å². The van der Waals surface area contributed by atoms with Crippen LogP contribution >= 0.6 is 0 Å². The summed E-state index contributed by atoms with van der Waals surface area (Å²) in [6.45, 7) is 4.65. The molecule has 2 heteroatoms. The van der Waals surface area contributed by atoms with E-state index in [1.807, 2.05) is 38.1 Å². The van der Waals surface area contributed by atoms with Crippen LogP contribution in [0.2, 0.25) is 0 Å². The van der Waals surface area contributed by atoms with Crippen molar-refractivity contribution in [1.82, 2.24) is 0 Å². The van der Waals surface area contributed by atoms with Crippen molar-refractivity contribution >= 4 is 0 Å². The number of hydrogen-bond donors (Lipinski definition) is 0. The number of para-hydroxylation sites is 1. The summed E-state index contributed by atoms with van der Waals surface area (Å²) in [4.78, 5) is 0. The molecule has 0 aliphatic heterocycles. The van der Waals surface area contributed by atoms with Gasteiger partial charge in [0.1, 0.15) is 11.9 Å². The molecule has 0 fully saturated rings. The van der Waals surface area contributed by atoms with Crippen LogP contribution in [0.1, 0.15) is 12.5 Å². The van der Waals surface area contributed by atoms with Gasteiger partial charge in [-0.05, 0) is 25.5 Å². The van der Waals surface area contributed by atoms with E-state index in [1.54, 1.807) is 7.11 Å². The second-order valence-electron chi connectivity index (χ2n) is 3.15. The van der Waals surface area contributed by atoms with Gasteiger partial charge in [-0.1, -0.05) is 18.2 Å². The summed E-state index contributed by atoms with van der Waals surface area (Å²) in [6, 6.07) is 7.99. The quantitative estimate of drug-likeness (QED) is 0.708. The zero-order chi connectivity index (χ0) is 9.68. The first kappa shape index (κ1) is 10.1. The summed E-state index contributed by atoms with van der Waals surface area (Å²) in [5, 5.41) is 0. The summed E-state index contributed by atoms with van der Waals surface area (Å²) < 4.78 is 10.7. The van der Waals surface area contributed by atoms with Crippen LogP contribution < -0.4 is 4.74 Å². The Morgan fingerprint density at radius 3 is 2.62 bits per heavy atom. The summed E-state index contributed by atoms with van der Waals surface area (Å²) in [7, 11) is 1.68. The largest absolute Gasteiger partial charge is 0.488 e. The Labute approximate surface area is 79.5 Å². The lowest BCUT2D eigenvalue weighted by Crippen LogP contribution is -2.18. The highest BCUT2D eigenvalue weighted by atomic mass is 16.5. The van der Waals surface area contributed by atoms with Crippen LogP contribution in [0, 0.1) is 6.92 Å². The zero-order valence-corrected chi connectivity index (χ0v) is 8.41. The van der Waals surface area contributed by atoms with Crippen LogP contribution in [0.3, 0.4) is 0 Å². The predicted octanol–water partition coefficient (Wildman–Crippen LogP) is 2.41. The molecule has 13 heavy (non-hydrogen) atoms. The summed E-state index contributed by atoms with van der Waals surface area (Å²) >= 11 is 0. The van der Waals surface area contributed by atoms with Crippen molar-refractivity contribution in [1.29, 1.82) is 0 Å². The van der Waals surface area contributed by atoms with E-state index in [9.17, 15) is 0 Å². The molecule has 0 saturated carbocycles. The minimum absolute atomic E-state index is 0.103. The fourth-order valence-corrected chi connectivity index (χ4v) is 1.17. The number of benzene rings is 1. The van der Waals surface area contributed by atoms with Gasteiger partial charge in [-0.15, -0.1) is 0 Å². The molecule has 1 atom stereocenters. The first-order chi connectivity index (χ1) is 6.24. The summed E-state index contributed by atoms with van der Waals surface area (Å²) in [6.07, 6.45) is 0.103. The Kier molecular flexibility index (Phi) is 3.77. The van der Waals surface area contributed by atoms with Gasteiger partial charge in [0, 0.05) is 7.11 Å². The molecule has 0 amide bonds. The van der Waals surface area contributed by atoms with E-state index in [0.717, 1.165) is 11.3 Å². The molecule has 1 unspecified atom stereocenters. The van der Waals surface area contributed by atoms with Crippen LogP contribution in [-0.4, -0.2) is 19.8 Å². The third-order valence-electron chi connectivity index (χ3n) is 1.82. The van der Waals surface area contributed by atoms with Gasteiger partial charge >= 0.3 is 0 Å². The van der Waals surface area contributed by atoms with Crippen LogP contribution in [0.15, 0.2) is 24.3 Å². The molecule has 1 aromatic rings. The zero-order valence-electron chi connectivity index (χ0n) is 8.41. The van der Waals surface area contributed by atoms with Crippen molar-refractivity contribution in [3.63, 3.8) is 0 Å². The van der Waals surface area contributed by atoms with E-state index in [4.69, 9.17) is 9.47 Å². The highest BCUT2D eigenvalue weighted by Gasteiger charge is 2.04. The minimum atomic E-state index is 0.103. The molecule has 2 nitrogen and oxygen atoms in total. The van der Waals surface area contributed by atoms with Gasteiger partial charge in [0.2, 0.25) is 0 Å². The highest BCUT2D eigenvalue weighted by Crippen LogP contribution is 2.17. The molecule has 0 aliphatic rings. The Balaban J connectivity index is 2.58. The van der Waals surface area contributed by atoms with E-state index < -0.39 is 0 Å². The predicted molar refractivity (Wildman–Crippen MR) is 53.1 cm³/mol. The van der Waals surface area contributed by atoms with Crippen LogP contribution in [0.25, 0.3) is 0 Å². The second-order valence-corrected chi connectivity index (χ2v) is 3.15. The highest BCUT2D eigenvalue weighted by molar-refractivity contribution is 5.31. The number of methoxy groups -OCH3 is 1. The average molecular weight is 180 g/mol. The normalized spacial score (nSPS) is 12.5. The van der Waals surface area contributed by atoms with Crippen LogP contribution in [0.4, 0.5) is 0 Å². The third-order valence-corrected chi connectivity index (χ3v) is 1.82. The molecular weight excluding hydrogens is 164 g/mol. The van der Waals surface area contributed by atoms with Gasteiger partial charge in [0.05, 0.1) is 6.61 Å². The summed E-state index contributed by atoms with van der Waals surface area (Å²) in [5.74, 6) is 0.937. The van der Waals surface area contributed by atoms with E-state index >= 15 is 0 Å². The summed E-state index contributed by atoms with van der Waals surface area (Å²) in [5.41, 5.74) is 1.16. The van der Waals surface area contributed by atoms with Crippen molar-refractivity contribution in [3.8, 4) is 5.75 Å². The minimum Gasteiger partial charge on any atom is -0.488 e. The van der Waals surface area contributed by atoms with E-state index in [0.29, 0.717) is 6.61 Å². The van der Waals surface area contributed by atoms with Gasteiger partial charge in [0.25, 0.3) is 0 Å². The van der Waals surface area contributed by atoms with Gasteiger partial charge in [-0.2, -0.15) is 0 Å². The lowest BCUT2D eigenvalue weighted by Gasteiger charge is -2.15. The molecule has 0 heterocycles. The van der Waals surface area contributed by atoms with Gasteiger partial charge in [0.15, 0.2) is 0 Å². The Bertz CT molecular complexity index is 258. The van der Waals surface area contributed by atoms with Crippen molar-refractivity contribution in [2.24, 2.45) is 0 Å². The van der Waals surface area contributed by atoms with Gasteiger partial charge in [-0.3, -0.25) is 0 Å². The smallest absolute Gasteiger partial charge is 0.122 e. The Morgan fingerprint density at radius 2 is 2.00 bits per heavy atom. The molecule has 1 rings (SSSR count). The van der Waals surface area contributed by atoms with E-state index in [1.165, 1.54) is 0 Å². The SMILES string of the molecule is COCC(C)Oc1ccccc1C. The lowest BCUT2D eigenvalue weighted by molar-refractivity contribution is 0.0916.